The lowest BCUT2D eigenvalue weighted by Crippen LogP contribution is -2.25. The van der Waals surface area contributed by atoms with E-state index in [1.807, 2.05) is 0 Å². The number of aromatic nitrogens is 1. The van der Waals surface area contributed by atoms with Crippen LogP contribution in [0.4, 0.5) is 0 Å². The van der Waals surface area contributed by atoms with E-state index in [1.165, 1.54) is 41.3 Å². The second kappa shape index (κ2) is 5.01. The Balaban J connectivity index is 1.92. The monoisotopic (exact) mass is 256 g/mol. The number of rotatable bonds is 3. The summed E-state index contributed by atoms with van der Waals surface area (Å²) in [6.45, 7) is 4.50. The van der Waals surface area contributed by atoms with E-state index < -0.39 is 0 Å². The zero-order valence-corrected chi connectivity index (χ0v) is 11.9. The molecule has 2 heteroatoms. The van der Waals surface area contributed by atoms with Gasteiger partial charge in [0, 0.05) is 23.1 Å². The first-order chi connectivity index (χ1) is 9.15. The second-order valence-corrected chi connectivity index (χ2v) is 6.33. The number of hydrogen-bond acceptors (Lipinski definition) is 1. The third kappa shape index (κ3) is 2.42. The van der Waals surface area contributed by atoms with Crippen molar-refractivity contribution in [2.75, 3.05) is 0 Å². The van der Waals surface area contributed by atoms with Crippen molar-refractivity contribution in [1.29, 1.82) is 0 Å². The van der Waals surface area contributed by atoms with Crippen LogP contribution in [-0.2, 0) is 6.42 Å². The van der Waals surface area contributed by atoms with Crippen molar-refractivity contribution in [3.63, 3.8) is 0 Å². The summed E-state index contributed by atoms with van der Waals surface area (Å²) in [5.74, 6) is 1.25. The van der Waals surface area contributed by atoms with Gasteiger partial charge in [-0.15, -0.1) is 0 Å². The Hall–Kier alpha value is -1.28. The van der Waals surface area contributed by atoms with Gasteiger partial charge in [0.2, 0.25) is 0 Å². The van der Waals surface area contributed by atoms with E-state index in [4.69, 9.17) is 5.73 Å². The van der Waals surface area contributed by atoms with Gasteiger partial charge >= 0.3 is 0 Å². The minimum Gasteiger partial charge on any atom is -0.361 e. The van der Waals surface area contributed by atoms with E-state index in [0.29, 0.717) is 17.9 Å². The molecule has 1 aromatic carbocycles. The molecule has 1 aliphatic carbocycles. The number of nitrogens with one attached hydrogen (secondary N) is 1. The normalized spacial score (nSPS) is 23.6. The molecule has 0 amide bonds. The van der Waals surface area contributed by atoms with Crippen LogP contribution in [-0.4, -0.2) is 11.0 Å². The molecule has 19 heavy (non-hydrogen) atoms. The molecule has 1 aliphatic rings. The molecule has 0 spiro atoms. The van der Waals surface area contributed by atoms with E-state index in [9.17, 15) is 0 Å². The molecule has 3 rings (SSSR count). The first kappa shape index (κ1) is 12.7. The van der Waals surface area contributed by atoms with Gasteiger partial charge in [-0.05, 0) is 54.4 Å². The summed E-state index contributed by atoms with van der Waals surface area (Å²) in [7, 11) is 0. The first-order valence-corrected chi connectivity index (χ1v) is 7.50. The molecule has 0 saturated heterocycles. The Morgan fingerprint density at radius 1 is 1.32 bits per heavy atom. The lowest BCUT2D eigenvalue weighted by atomic mass is 9.93. The SMILES string of the molecule is CC(C)c1ccc2[nH]cc(CC3CCCC3N)c2c1. The van der Waals surface area contributed by atoms with Gasteiger partial charge in [0.05, 0.1) is 0 Å². The zero-order valence-electron chi connectivity index (χ0n) is 11.9. The maximum atomic E-state index is 6.21. The topological polar surface area (TPSA) is 41.8 Å². The highest BCUT2D eigenvalue weighted by atomic mass is 14.7. The van der Waals surface area contributed by atoms with Crippen LogP contribution in [0.3, 0.4) is 0 Å². The van der Waals surface area contributed by atoms with Crippen molar-refractivity contribution in [3.8, 4) is 0 Å². The fourth-order valence-electron chi connectivity index (χ4n) is 3.33. The fourth-order valence-corrected chi connectivity index (χ4v) is 3.33. The van der Waals surface area contributed by atoms with Crippen LogP contribution in [0.2, 0.25) is 0 Å². The predicted molar refractivity (Wildman–Crippen MR) is 81.4 cm³/mol. The number of aromatic amines is 1. The summed E-state index contributed by atoms with van der Waals surface area (Å²) < 4.78 is 0. The van der Waals surface area contributed by atoms with Gasteiger partial charge in [-0.3, -0.25) is 0 Å². The molecular formula is C17H24N2. The Labute approximate surface area is 115 Å². The third-order valence-corrected chi connectivity index (χ3v) is 4.66. The molecule has 0 aliphatic heterocycles. The van der Waals surface area contributed by atoms with Crippen molar-refractivity contribution in [1.82, 2.24) is 4.98 Å². The van der Waals surface area contributed by atoms with Crippen LogP contribution in [0.15, 0.2) is 24.4 Å². The number of benzene rings is 1. The molecule has 0 radical (unpaired) electrons. The summed E-state index contributed by atoms with van der Waals surface area (Å²) in [5, 5.41) is 1.39. The summed E-state index contributed by atoms with van der Waals surface area (Å²) >= 11 is 0. The Morgan fingerprint density at radius 3 is 2.84 bits per heavy atom. The number of fused-ring (bicyclic) bond motifs is 1. The molecule has 102 valence electrons. The van der Waals surface area contributed by atoms with E-state index in [0.717, 1.165) is 6.42 Å². The fraction of sp³-hybridized carbons (Fsp3) is 0.529. The lowest BCUT2D eigenvalue weighted by Gasteiger charge is -2.14. The van der Waals surface area contributed by atoms with Gasteiger partial charge in [-0.25, -0.2) is 0 Å². The highest BCUT2D eigenvalue weighted by Crippen LogP contribution is 2.31. The Morgan fingerprint density at radius 2 is 2.16 bits per heavy atom. The van der Waals surface area contributed by atoms with E-state index in [2.05, 4.69) is 43.2 Å². The molecule has 1 saturated carbocycles. The van der Waals surface area contributed by atoms with Gasteiger partial charge < -0.3 is 10.7 Å². The van der Waals surface area contributed by atoms with Crippen LogP contribution in [0, 0.1) is 5.92 Å². The minimum absolute atomic E-state index is 0.401. The molecule has 3 N–H and O–H groups in total. The largest absolute Gasteiger partial charge is 0.361 e. The lowest BCUT2D eigenvalue weighted by molar-refractivity contribution is 0.480. The van der Waals surface area contributed by atoms with Gasteiger partial charge in [-0.1, -0.05) is 26.3 Å². The van der Waals surface area contributed by atoms with Crippen molar-refractivity contribution >= 4 is 10.9 Å². The van der Waals surface area contributed by atoms with E-state index in [1.54, 1.807) is 0 Å². The number of nitrogens with two attached hydrogens (primary N) is 1. The second-order valence-electron chi connectivity index (χ2n) is 6.33. The maximum Gasteiger partial charge on any atom is 0.0456 e. The van der Waals surface area contributed by atoms with Crippen LogP contribution in [0.25, 0.3) is 10.9 Å². The minimum atomic E-state index is 0.401. The molecule has 2 unspecified atom stereocenters. The summed E-state index contributed by atoms with van der Waals surface area (Å²) in [4.78, 5) is 3.40. The molecule has 2 aromatic rings. The van der Waals surface area contributed by atoms with Crippen LogP contribution in [0.5, 0.6) is 0 Å². The number of hydrogen-bond donors (Lipinski definition) is 2. The molecular weight excluding hydrogens is 232 g/mol. The van der Waals surface area contributed by atoms with E-state index >= 15 is 0 Å². The smallest absolute Gasteiger partial charge is 0.0456 e. The van der Waals surface area contributed by atoms with Gasteiger partial charge in [-0.2, -0.15) is 0 Å². The summed E-state index contributed by atoms with van der Waals surface area (Å²) in [6.07, 6.45) is 7.09. The highest BCUT2D eigenvalue weighted by Gasteiger charge is 2.24. The molecule has 2 atom stereocenters. The van der Waals surface area contributed by atoms with Crippen LogP contribution in [0.1, 0.15) is 50.2 Å². The van der Waals surface area contributed by atoms with Gasteiger partial charge in [0.15, 0.2) is 0 Å². The van der Waals surface area contributed by atoms with Crippen LogP contribution < -0.4 is 5.73 Å². The molecule has 1 heterocycles. The molecule has 1 fully saturated rings. The van der Waals surface area contributed by atoms with Crippen molar-refractivity contribution in [3.05, 3.63) is 35.5 Å². The van der Waals surface area contributed by atoms with Gasteiger partial charge in [0.1, 0.15) is 0 Å². The first-order valence-electron chi connectivity index (χ1n) is 7.50. The van der Waals surface area contributed by atoms with Crippen molar-refractivity contribution in [2.45, 2.75) is 51.5 Å². The van der Waals surface area contributed by atoms with Crippen LogP contribution >= 0.6 is 0 Å². The third-order valence-electron chi connectivity index (χ3n) is 4.66. The molecule has 0 bridgehead atoms. The number of H-pyrrole nitrogens is 1. The van der Waals surface area contributed by atoms with E-state index in [-0.39, 0.29) is 0 Å². The Bertz CT molecular complexity index is 568. The standard InChI is InChI=1S/C17H24N2/c1-11(2)12-6-7-17-15(9-12)14(10-19-17)8-13-4-3-5-16(13)18/h6-7,9-11,13,16,19H,3-5,8,18H2,1-2H3. The summed E-state index contributed by atoms with van der Waals surface area (Å²) in [5.41, 5.74) is 10.3. The quantitative estimate of drug-likeness (QED) is 0.857. The van der Waals surface area contributed by atoms with Gasteiger partial charge in [0.25, 0.3) is 0 Å². The summed E-state index contributed by atoms with van der Waals surface area (Å²) in [6, 6.07) is 7.20. The van der Waals surface area contributed by atoms with Crippen molar-refractivity contribution < 1.29 is 0 Å². The predicted octanol–water partition coefficient (Wildman–Crippen LogP) is 3.96. The molecule has 2 nitrogen and oxygen atoms in total. The average molecular weight is 256 g/mol. The Kier molecular flexibility index (Phi) is 3.36. The highest BCUT2D eigenvalue weighted by molar-refractivity contribution is 5.84. The maximum absolute atomic E-state index is 6.21. The van der Waals surface area contributed by atoms with Crippen molar-refractivity contribution in [2.24, 2.45) is 11.7 Å². The average Bonchev–Trinajstić information content (AvgIpc) is 2.97. The molecule has 1 aromatic heterocycles. The zero-order chi connectivity index (χ0) is 13.4.